The fourth-order valence-electron chi connectivity index (χ4n) is 4.31. The van der Waals surface area contributed by atoms with Gasteiger partial charge in [0.05, 0.1) is 17.4 Å². The number of anilines is 1. The van der Waals surface area contributed by atoms with E-state index in [0.717, 1.165) is 39.1 Å². The molecule has 0 aromatic heterocycles. The van der Waals surface area contributed by atoms with Gasteiger partial charge in [-0.3, -0.25) is 15.0 Å². The van der Waals surface area contributed by atoms with Crippen molar-refractivity contribution in [2.24, 2.45) is 5.10 Å². The van der Waals surface area contributed by atoms with Crippen LogP contribution >= 0.6 is 23.4 Å². The van der Waals surface area contributed by atoms with Crippen LogP contribution in [0.1, 0.15) is 35.6 Å². The summed E-state index contributed by atoms with van der Waals surface area (Å²) >= 11 is 7.10. The van der Waals surface area contributed by atoms with Gasteiger partial charge in [-0.25, -0.2) is 14.3 Å². The number of thioether (sulfide) groups is 1. The van der Waals surface area contributed by atoms with Gasteiger partial charge < -0.3 is 0 Å². The van der Waals surface area contributed by atoms with Crippen LogP contribution in [-0.2, 0) is 9.59 Å². The highest BCUT2D eigenvalue weighted by atomic mass is 35.5. The minimum Gasteiger partial charge on any atom is -0.277 e. The number of nitrogens with one attached hydrogen (secondary N) is 1. The van der Waals surface area contributed by atoms with E-state index in [1.807, 2.05) is 43.3 Å². The lowest BCUT2D eigenvalue weighted by Crippen LogP contribution is -2.32. The van der Waals surface area contributed by atoms with E-state index in [-0.39, 0.29) is 23.5 Å². The molecule has 2 heterocycles. The summed E-state index contributed by atoms with van der Waals surface area (Å²) in [4.78, 5) is 26.8. The minimum atomic E-state index is -0.764. The first-order valence-electron chi connectivity index (χ1n) is 11.4. The van der Waals surface area contributed by atoms with Gasteiger partial charge in [0, 0.05) is 17.9 Å². The lowest BCUT2D eigenvalue weighted by molar-refractivity contribution is -0.121. The molecule has 0 aliphatic carbocycles. The molecule has 1 saturated heterocycles. The maximum Gasteiger partial charge on any atom is 0.247 e. The zero-order chi connectivity index (χ0) is 25.4. The first-order chi connectivity index (χ1) is 17.3. The molecule has 1 fully saturated rings. The Morgan fingerprint density at radius 1 is 1.00 bits per heavy atom. The number of hydrogen-bond acceptors (Lipinski definition) is 5. The van der Waals surface area contributed by atoms with Crippen molar-refractivity contribution in [1.29, 1.82) is 5.41 Å². The van der Waals surface area contributed by atoms with E-state index in [4.69, 9.17) is 22.1 Å². The standard InChI is InChI=1S/C27H22ClFN4O2S/c1-16-2-4-17(5-3-16)22-14-23(18-6-8-19(28)9-7-18)33(31-22)27(30)36-24-15-25(34)32(26(24)35)21-12-10-20(29)11-13-21/h2-13,23-24,30H,14-15H2,1H3/t23-,24+/m0/s1. The molecule has 0 spiro atoms. The van der Waals surface area contributed by atoms with Gasteiger partial charge in [0.1, 0.15) is 11.1 Å². The summed E-state index contributed by atoms with van der Waals surface area (Å²) in [6, 6.07) is 20.4. The van der Waals surface area contributed by atoms with Crippen LogP contribution in [0.5, 0.6) is 0 Å². The van der Waals surface area contributed by atoms with Crippen LogP contribution in [0.15, 0.2) is 77.9 Å². The summed E-state index contributed by atoms with van der Waals surface area (Å²) < 4.78 is 13.3. The molecule has 3 aromatic carbocycles. The van der Waals surface area contributed by atoms with Gasteiger partial charge in [-0.1, -0.05) is 65.3 Å². The van der Waals surface area contributed by atoms with Gasteiger partial charge in [0.2, 0.25) is 11.8 Å². The second-order valence-electron chi connectivity index (χ2n) is 8.69. The van der Waals surface area contributed by atoms with Crippen molar-refractivity contribution < 1.29 is 14.0 Å². The van der Waals surface area contributed by atoms with Crippen molar-refractivity contribution in [2.75, 3.05) is 4.90 Å². The molecule has 2 atom stereocenters. The second kappa shape index (κ2) is 9.87. The smallest absolute Gasteiger partial charge is 0.247 e. The zero-order valence-corrected chi connectivity index (χ0v) is 20.9. The SMILES string of the molecule is Cc1ccc(C2=NN(C(=N)S[C@@H]3CC(=O)N(c4ccc(F)cc4)C3=O)[C@H](c3ccc(Cl)cc3)C2)cc1. The maximum atomic E-state index is 13.3. The van der Waals surface area contributed by atoms with Crippen LogP contribution < -0.4 is 4.90 Å². The van der Waals surface area contributed by atoms with Crippen LogP contribution in [0.2, 0.25) is 5.02 Å². The van der Waals surface area contributed by atoms with Gasteiger partial charge in [-0.2, -0.15) is 5.10 Å². The van der Waals surface area contributed by atoms with Crippen LogP contribution in [0.4, 0.5) is 10.1 Å². The molecule has 3 aromatic rings. The fourth-order valence-corrected chi connectivity index (χ4v) is 5.41. The Labute approximate surface area is 217 Å². The fraction of sp³-hybridized carbons (Fsp3) is 0.185. The number of imide groups is 1. The third kappa shape index (κ3) is 4.79. The van der Waals surface area contributed by atoms with E-state index < -0.39 is 17.0 Å². The quantitative estimate of drug-likeness (QED) is 0.262. The largest absolute Gasteiger partial charge is 0.277 e. The van der Waals surface area contributed by atoms with Gasteiger partial charge in [-0.15, -0.1) is 0 Å². The molecule has 6 nitrogen and oxygen atoms in total. The molecule has 2 aliphatic heterocycles. The maximum absolute atomic E-state index is 13.3. The third-order valence-electron chi connectivity index (χ3n) is 6.20. The number of halogens is 2. The highest BCUT2D eigenvalue weighted by Gasteiger charge is 2.42. The number of benzene rings is 3. The zero-order valence-electron chi connectivity index (χ0n) is 19.3. The molecule has 5 rings (SSSR count). The Morgan fingerprint density at radius 3 is 2.33 bits per heavy atom. The van der Waals surface area contributed by atoms with Crippen molar-refractivity contribution in [3.63, 3.8) is 0 Å². The number of rotatable bonds is 4. The van der Waals surface area contributed by atoms with E-state index >= 15 is 0 Å². The Morgan fingerprint density at radius 2 is 1.67 bits per heavy atom. The minimum absolute atomic E-state index is 0.0444. The van der Waals surface area contributed by atoms with Crippen molar-refractivity contribution in [1.82, 2.24) is 5.01 Å². The Hall–Kier alpha value is -3.49. The molecule has 0 radical (unpaired) electrons. The number of hydrogen-bond donors (Lipinski definition) is 1. The van der Waals surface area contributed by atoms with Crippen LogP contribution in [0.25, 0.3) is 0 Å². The van der Waals surface area contributed by atoms with Gasteiger partial charge in [-0.05, 0) is 54.4 Å². The molecule has 0 bridgehead atoms. The van der Waals surface area contributed by atoms with Crippen LogP contribution in [0, 0.1) is 18.2 Å². The summed E-state index contributed by atoms with van der Waals surface area (Å²) in [5.74, 6) is -1.25. The normalized spacial score (nSPS) is 19.7. The molecule has 36 heavy (non-hydrogen) atoms. The van der Waals surface area contributed by atoms with E-state index in [9.17, 15) is 14.0 Å². The average molecular weight is 521 g/mol. The van der Waals surface area contributed by atoms with Gasteiger partial charge >= 0.3 is 0 Å². The Bertz CT molecular complexity index is 1360. The molecule has 0 saturated carbocycles. The topological polar surface area (TPSA) is 76.8 Å². The molecular weight excluding hydrogens is 499 g/mol. The Kier molecular flexibility index (Phi) is 6.64. The predicted octanol–water partition coefficient (Wildman–Crippen LogP) is 5.94. The highest BCUT2D eigenvalue weighted by Crippen LogP contribution is 2.38. The summed E-state index contributed by atoms with van der Waals surface area (Å²) in [7, 11) is 0. The van der Waals surface area contributed by atoms with Crippen molar-refractivity contribution >= 4 is 51.7 Å². The van der Waals surface area contributed by atoms with Crippen LogP contribution in [-0.4, -0.2) is 33.0 Å². The molecule has 182 valence electrons. The number of amides is 2. The first kappa shape index (κ1) is 24.2. The third-order valence-corrected chi connectivity index (χ3v) is 7.52. The van der Waals surface area contributed by atoms with Crippen molar-refractivity contribution in [3.8, 4) is 0 Å². The second-order valence-corrected chi connectivity index (χ2v) is 10.3. The molecule has 1 N–H and O–H groups in total. The Balaban J connectivity index is 1.39. The summed E-state index contributed by atoms with van der Waals surface area (Å²) in [5.41, 5.74) is 4.21. The molecule has 9 heteroatoms. The number of hydrazone groups is 1. The number of nitrogens with zero attached hydrogens (tertiary/aromatic N) is 3. The number of aryl methyl sites for hydroxylation is 1. The molecule has 2 aliphatic rings. The summed E-state index contributed by atoms with van der Waals surface area (Å²) in [6.45, 7) is 2.02. The molecular formula is C27H22ClFN4O2S. The summed E-state index contributed by atoms with van der Waals surface area (Å²) in [5, 5.41) is 15.1. The predicted molar refractivity (Wildman–Crippen MR) is 141 cm³/mol. The number of amidine groups is 1. The van der Waals surface area contributed by atoms with Gasteiger partial charge in [0.25, 0.3) is 0 Å². The number of carbonyl (C=O) groups excluding carboxylic acids is 2. The molecule has 2 amide bonds. The van der Waals surface area contributed by atoms with E-state index in [1.165, 1.54) is 24.3 Å². The summed E-state index contributed by atoms with van der Waals surface area (Å²) in [6.07, 6.45) is 0.532. The van der Waals surface area contributed by atoms with Gasteiger partial charge in [0.15, 0.2) is 5.17 Å². The van der Waals surface area contributed by atoms with Crippen molar-refractivity contribution in [3.05, 3.63) is 100 Å². The number of carbonyl (C=O) groups is 2. The highest BCUT2D eigenvalue weighted by molar-refractivity contribution is 8.14. The van der Waals surface area contributed by atoms with Crippen LogP contribution in [0.3, 0.4) is 0 Å². The molecule has 0 unspecified atom stereocenters. The average Bonchev–Trinajstić information content (AvgIpc) is 3.42. The van der Waals surface area contributed by atoms with E-state index in [0.29, 0.717) is 17.1 Å². The lowest BCUT2D eigenvalue weighted by Gasteiger charge is -2.24. The van der Waals surface area contributed by atoms with E-state index in [2.05, 4.69) is 0 Å². The monoisotopic (exact) mass is 520 g/mol. The first-order valence-corrected chi connectivity index (χ1v) is 12.6. The lowest BCUT2D eigenvalue weighted by atomic mass is 9.98. The van der Waals surface area contributed by atoms with Crippen molar-refractivity contribution in [2.45, 2.75) is 31.1 Å². The van der Waals surface area contributed by atoms with E-state index in [1.54, 1.807) is 17.1 Å².